The van der Waals surface area contributed by atoms with Gasteiger partial charge in [-0.25, -0.2) is 4.98 Å². The van der Waals surface area contributed by atoms with Crippen LogP contribution in [0.25, 0.3) is 0 Å². The van der Waals surface area contributed by atoms with Crippen LogP contribution in [-0.2, 0) is 0 Å². The van der Waals surface area contributed by atoms with Crippen molar-refractivity contribution in [2.24, 2.45) is 0 Å². The first kappa shape index (κ1) is 13.6. The maximum absolute atomic E-state index is 5.50. The Morgan fingerprint density at radius 3 is 3.05 bits per heavy atom. The highest BCUT2D eigenvalue weighted by molar-refractivity contribution is 5.40. The summed E-state index contributed by atoms with van der Waals surface area (Å²) in [5.74, 6) is 2.33. The number of piperidine rings is 1. The van der Waals surface area contributed by atoms with E-state index >= 15 is 0 Å². The molecule has 2 fully saturated rings. The lowest BCUT2D eigenvalue weighted by atomic mass is 9.99. The number of fused-ring (bicyclic) bond motifs is 1. The van der Waals surface area contributed by atoms with Crippen molar-refractivity contribution in [2.75, 3.05) is 25.0 Å². The van der Waals surface area contributed by atoms with E-state index in [-0.39, 0.29) is 0 Å². The third-order valence-corrected chi connectivity index (χ3v) is 4.30. The van der Waals surface area contributed by atoms with Gasteiger partial charge < -0.3 is 10.1 Å². The minimum Gasteiger partial charge on any atom is -0.478 e. The molecule has 5 nitrogen and oxygen atoms in total. The summed E-state index contributed by atoms with van der Waals surface area (Å²) in [7, 11) is 0. The van der Waals surface area contributed by atoms with E-state index < -0.39 is 0 Å². The number of nitrogens with zero attached hydrogens (tertiary/aromatic N) is 3. The zero-order valence-corrected chi connectivity index (χ0v) is 12.4. The molecule has 2 aliphatic rings. The Morgan fingerprint density at radius 2 is 2.20 bits per heavy atom. The SMILES string of the molecule is CCOc1cc(NC2CCN3CCCCC23)nc(C)n1. The van der Waals surface area contributed by atoms with Gasteiger partial charge in [-0.15, -0.1) is 0 Å². The number of aryl methyl sites for hydroxylation is 1. The molecule has 0 aliphatic carbocycles. The third-order valence-electron chi connectivity index (χ3n) is 4.30. The first-order valence-corrected chi connectivity index (χ1v) is 7.75. The smallest absolute Gasteiger partial charge is 0.218 e. The highest BCUT2D eigenvalue weighted by Crippen LogP contribution is 2.29. The lowest BCUT2D eigenvalue weighted by Gasteiger charge is -2.32. The Morgan fingerprint density at radius 1 is 1.30 bits per heavy atom. The molecule has 0 radical (unpaired) electrons. The van der Waals surface area contributed by atoms with Crippen LogP contribution in [0, 0.1) is 6.92 Å². The van der Waals surface area contributed by atoms with Gasteiger partial charge in [-0.1, -0.05) is 6.42 Å². The van der Waals surface area contributed by atoms with E-state index in [1.807, 2.05) is 19.9 Å². The predicted molar refractivity (Wildman–Crippen MR) is 79.2 cm³/mol. The molecule has 5 heteroatoms. The van der Waals surface area contributed by atoms with Crippen molar-refractivity contribution in [3.05, 3.63) is 11.9 Å². The van der Waals surface area contributed by atoms with Gasteiger partial charge in [0, 0.05) is 24.7 Å². The molecule has 110 valence electrons. The van der Waals surface area contributed by atoms with Crippen LogP contribution in [0.3, 0.4) is 0 Å². The van der Waals surface area contributed by atoms with Gasteiger partial charge in [-0.2, -0.15) is 4.98 Å². The van der Waals surface area contributed by atoms with Crippen LogP contribution in [-0.4, -0.2) is 46.6 Å². The topological polar surface area (TPSA) is 50.3 Å². The van der Waals surface area contributed by atoms with Gasteiger partial charge in [-0.3, -0.25) is 4.90 Å². The second-order valence-corrected chi connectivity index (χ2v) is 5.71. The van der Waals surface area contributed by atoms with Gasteiger partial charge in [0.25, 0.3) is 0 Å². The van der Waals surface area contributed by atoms with Crippen LogP contribution in [0.4, 0.5) is 5.82 Å². The normalized spacial score (nSPS) is 26.3. The molecule has 3 rings (SSSR count). The molecule has 0 spiro atoms. The van der Waals surface area contributed by atoms with E-state index in [0.717, 1.165) is 11.6 Å². The summed E-state index contributed by atoms with van der Waals surface area (Å²) in [5, 5.41) is 3.61. The van der Waals surface area contributed by atoms with Gasteiger partial charge >= 0.3 is 0 Å². The Bertz CT molecular complexity index is 465. The predicted octanol–water partition coefficient (Wildman–Crippen LogP) is 2.22. The third kappa shape index (κ3) is 2.87. The number of hydrogen-bond donors (Lipinski definition) is 1. The fourth-order valence-electron chi connectivity index (χ4n) is 3.44. The first-order valence-electron chi connectivity index (χ1n) is 7.75. The number of nitrogens with one attached hydrogen (secondary N) is 1. The van der Waals surface area contributed by atoms with Crippen LogP contribution < -0.4 is 10.1 Å². The molecule has 2 atom stereocenters. The van der Waals surface area contributed by atoms with E-state index in [9.17, 15) is 0 Å². The Hall–Kier alpha value is -1.36. The average molecular weight is 276 g/mol. The Labute approximate surface area is 120 Å². The van der Waals surface area contributed by atoms with Crippen LogP contribution >= 0.6 is 0 Å². The van der Waals surface area contributed by atoms with Crippen molar-refractivity contribution in [1.29, 1.82) is 0 Å². The van der Waals surface area contributed by atoms with Gasteiger partial charge in [-0.05, 0) is 39.7 Å². The lowest BCUT2D eigenvalue weighted by Crippen LogP contribution is -2.41. The average Bonchev–Trinajstić information content (AvgIpc) is 2.82. The van der Waals surface area contributed by atoms with Gasteiger partial charge in [0.1, 0.15) is 11.6 Å². The highest BCUT2D eigenvalue weighted by atomic mass is 16.5. The van der Waals surface area contributed by atoms with Gasteiger partial charge in [0.15, 0.2) is 0 Å². The van der Waals surface area contributed by atoms with Crippen molar-refractivity contribution in [2.45, 2.75) is 51.6 Å². The summed E-state index contributed by atoms with van der Waals surface area (Å²) in [4.78, 5) is 11.4. The molecule has 0 saturated carbocycles. The van der Waals surface area contributed by atoms with Crippen LogP contribution in [0.1, 0.15) is 38.4 Å². The van der Waals surface area contributed by atoms with Crippen LogP contribution in [0.15, 0.2) is 6.07 Å². The zero-order valence-electron chi connectivity index (χ0n) is 12.4. The molecule has 0 bridgehead atoms. The van der Waals surface area contributed by atoms with Crippen molar-refractivity contribution in [3.8, 4) is 5.88 Å². The van der Waals surface area contributed by atoms with E-state index in [0.29, 0.717) is 24.6 Å². The molecular formula is C15H24N4O. The molecule has 1 aromatic rings. The Kier molecular flexibility index (Phi) is 4.05. The van der Waals surface area contributed by atoms with Crippen molar-refractivity contribution >= 4 is 5.82 Å². The largest absolute Gasteiger partial charge is 0.478 e. The minimum absolute atomic E-state index is 0.513. The van der Waals surface area contributed by atoms with E-state index in [4.69, 9.17) is 4.74 Å². The number of aromatic nitrogens is 2. The highest BCUT2D eigenvalue weighted by Gasteiger charge is 2.35. The fourth-order valence-corrected chi connectivity index (χ4v) is 3.44. The minimum atomic E-state index is 0.513. The molecule has 0 aromatic carbocycles. The fraction of sp³-hybridized carbons (Fsp3) is 0.733. The summed E-state index contributed by atoms with van der Waals surface area (Å²) < 4.78 is 5.50. The number of ether oxygens (including phenoxy) is 1. The summed E-state index contributed by atoms with van der Waals surface area (Å²) in [6, 6.07) is 3.11. The molecule has 3 heterocycles. The quantitative estimate of drug-likeness (QED) is 0.914. The number of rotatable bonds is 4. The van der Waals surface area contributed by atoms with Crippen molar-refractivity contribution < 1.29 is 4.74 Å². The van der Waals surface area contributed by atoms with E-state index in [1.54, 1.807) is 0 Å². The van der Waals surface area contributed by atoms with E-state index in [2.05, 4.69) is 20.2 Å². The van der Waals surface area contributed by atoms with Crippen molar-refractivity contribution in [1.82, 2.24) is 14.9 Å². The molecule has 0 amide bonds. The summed E-state index contributed by atoms with van der Waals surface area (Å²) in [6.45, 7) is 6.99. The first-order chi connectivity index (χ1) is 9.76. The lowest BCUT2D eigenvalue weighted by molar-refractivity contribution is 0.192. The monoisotopic (exact) mass is 276 g/mol. The summed E-state index contributed by atoms with van der Waals surface area (Å²) in [6.07, 6.45) is 5.22. The standard InChI is InChI=1S/C15H24N4O/c1-3-20-15-10-14(16-11(2)17-15)18-12-7-9-19-8-5-4-6-13(12)19/h10,12-13H,3-9H2,1-2H3,(H,16,17,18). The molecule has 1 aromatic heterocycles. The van der Waals surface area contributed by atoms with Crippen LogP contribution in [0.2, 0.25) is 0 Å². The molecule has 20 heavy (non-hydrogen) atoms. The van der Waals surface area contributed by atoms with Gasteiger partial charge in [0.2, 0.25) is 5.88 Å². The zero-order chi connectivity index (χ0) is 13.9. The number of anilines is 1. The molecule has 2 unspecified atom stereocenters. The maximum atomic E-state index is 5.50. The number of hydrogen-bond acceptors (Lipinski definition) is 5. The molecule has 1 N–H and O–H groups in total. The summed E-state index contributed by atoms with van der Waals surface area (Å²) >= 11 is 0. The Balaban J connectivity index is 1.71. The second-order valence-electron chi connectivity index (χ2n) is 5.71. The van der Waals surface area contributed by atoms with Crippen LogP contribution in [0.5, 0.6) is 5.88 Å². The van der Waals surface area contributed by atoms with Crippen molar-refractivity contribution in [3.63, 3.8) is 0 Å². The second kappa shape index (κ2) is 5.95. The molecule has 2 saturated heterocycles. The summed E-state index contributed by atoms with van der Waals surface area (Å²) in [5.41, 5.74) is 0. The maximum Gasteiger partial charge on any atom is 0.218 e. The van der Waals surface area contributed by atoms with Gasteiger partial charge in [0.05, 0.1) is 6.61 Å². The van der Waals surface area contributed by atoms with E-state index in [1.165, 1.54) is 38.8 Å². The molecular weight excluding hydrogens is 252 g/mol. The molecule has 2 aliphatic heterocycles.